The molecule has 1 nitrogen and oxygen atoms in total. The van der Waals surface area contributed by atoms with Crippen molar-refractivity contribution < 1.29 is 0 Å². The number of nitrogens with two attached hydrogens (primary N) is 1. The molecule has 0 aliphatic rings. The first-order valence-electron chi connectivity index (χ1n) is 4.96. The van der Waals surface area contributed by atoms with E-state index in [-0.39, 0.29) is 5.41 Å². The lowest BCUT2D eigenvalue weighted by Gasteiger charge is -2.29. The third kappa shape index (κ3) is 2.31. The highest BCUT2D eigenvalue weighted by Crippen LogP contribution is 2.30. The first kappa shape index (κ1) is 11.6. The molecule has 14 heavy (non-hydrogen) atoms. The zero-order valence-electron chi connectivity index (χ0n) is 9.12. The highest BCUT2D eigenvalue weighted by atomic mass is 32.1. The topological polar surface area (TPSA) is 26.0 Å². The van der Waals surface area contributed by atoms with Crippen LogP contribution in [0.3, 0.4) is 0 Å². The minimum absolute atomic E-state index is 0.0916. The third-order valence-electron chi connectivity index (χ3n) is 2.95. The largest absolute Gasteiger partial charge is 0.326 e. The lowest BCUT2D eigenvalue weighted by atomic mass is 9.81. The van der Waals surface area contributed by atoms with E-state index in [4.69, 9.17) is 5.73 Å². The van der Waals surface area contributed by atoms with Crippen molar-refractivity contribution in [1.29, 1.82) is 0 Å². The Morgan fingerprint density at radius 2 is 2.07 bits per heavy atom. The van der Waals surface area contributed by atoms with E-state index in [9.17, 15) is 0 Å². The first-order valence-corrected chi connectivity index (χ1v) is 5.47. The van der Waals surface area contributed by atoms with E-state index < -0.39 is 0 Å². The van der Waals surface area contributed by atoms with Crippen LogP contribution in [0.25, 0.3) is 0 Å². The predicted octanol–water partition coefficient (Wildman–Crippen LogP) is 2.74. The Morgan fingerprint density at radius 1 is 1.43 bits per heavy atom. The molecule has 1 rings (SSSR count). The number of rotatable bonds is 3. The Bertz CT molecular complexity index is 305. The Kier molecular flexibility index (Phi) is 3.62. The smallest absolute Gasteiger partial charge is 0.0178 e. The van der Waals surface area contributed by atoms with Gasteiger partial charge < -0.3 is 5.73 Å². The quantitative estimate of drug-likeness (QED) is 0.736. The molecule has 78 valence electrons. The van der Waals surface area contributed by atoms with Gasteiger partial charge in [0.25, 0.3) is 0 Å². The molecule has 0 bridgehead atoms. The summed E-state index contributed by atoms with van der Waals surface area (Å²) in [5.74, 6) is 0. The summed E-state index contributed by atoms with van der Waals surface area (Å²) in [5, 5.41) is 0.329. The lowest BCUT2D eigenvalue weighted by molar-refractivity contribution is 0.522. The maximum atomic E-state index is 5.62. The van der Waals surface area contributed by atoms with Gasteiger partial charge in [-0.05, 0) is 11.1 Å². The van der Waals surface area contributed by atoms with Crippen molar-refractivity contribution >= 4 is 12.6 Å². The second-order valence-corrected chi connectivity index (χ2v) is 5.08. The van der Waals surface area contributed by atoms with Gasteiger partial charge in [-0.15, -0.1) is 0 Å². The van der Waals surface area contributed by atoms with Crippen molar-refractivity contribution in [2.45, 2.75) is 38.0 Å². The second kappa shape index (κ2) is 4.37. The van der Waals surface area contributed by atoms with Crippen molar-refractivity contribution in [1.82, 2.24) is 0 Å². The maximum absolute atomic E-state index is 5.62. The molecule has 0 amide bonds. The van der Waals surface area contributed by atoms with E-state index in [1.165, 1.54) is 11.1 Å². The van der Waals surface area contributed by atoms with Crippen LogP contribution in [-0.2, 0) is 12.0 Å². The summed E-state index contributed by atoms with van der Waals surface area (Å²) in [6.45, 7) is 7.14. The molecule has 0 saturated carbocycles. The van der Waals surface area contributed by atoms with Gasteiger partial charge in [0.1, 0.15) is 0 Å². The summed E-state index contributed by atoms with van der Waals surface area (Å²) >= 11 is 4.52. The number of benzene rings is 1. The molecule has 0 radical (unpaired) electrons. The van der Waals surface area contributed by atoms with Crippen LogP contribution in [0.1, 0.15) is 31.9 Å². The van der Waals surface area contributed by atoms with Gasteiger partial charge in [-0.2, -0.15) is 12.6 Å². The van der Waals surface area contributed by atoms with E-state index in [0.29, 0.717) is 11.8 Å². The minimum Gasteiger partial charge on any atom is -0.326 e. The van der Waals surface area contributed by atoms with Crippen LogP contribution in [-0.4, -0.2) is 5.25 Å². The van der Waals surface area contributed by atoms with Gasteiger partial charge in [-0.25, -0.2) is 0 Å². The lowest BCUT2D eigenvalue weighted by Crippen LogP contribution is -2.27. The van der Waals surface area contributed by atoms with Crippen molar-refractivity contribution in [3.63, 3.8) is 0 Å². The molecule has 1 atom stereocenters. The summed E-state index contributed by atoms with van der Waals surface area (Å²) in [7, 11) is 0. The monoisotopic (exact) mass is 209 g/mol. The molecule has 0 heterocycles. The highest BCUT2D eigenvalue weighted by molar-refractivity contribution is 7.81. The molecular weight excluding hydrogens is 190 g/mol. The summed E-state index contributed by atoms with van der Waals surface area (Å²) in [5.41, 5.74) is 8.20. The van der Waals surface area contributed by atoms with E-state index in [0.717, 1.165) is 0 Å². The van der Waals surface area contributed by atoms with Crippen molar-refractivity contribution in [3.8, 4) is 0 Å². The average molecular weight is 209 g/mol. The minimum atomic E-state index is 0.0916. The summed E-state index contributed by atoms with van der Waals surface area (Å²) in [6.07, 6.45) is 0. The van der Waals surface area contributed by atoms with E-state index in [1.807, 2.05) is 0 Å². The molecule has 2 N–H and O–H groups in total. The predicted molar refractivity (Wildman–Crippen MR) is 65.8 cm³/mol. The molecule has 0 aliphatic carbocycles. The molecule has 0 fully saturated rings. The zero-order chi connectivity index (χ0) is 10.8. The molecule has 1 aromatic rings. The molecule has 0 aliphatic heterocycles. The van der Waals surface area contributed by atoms with Gasteiger partial charge in [-0.3, -0.25) is 0 Å². The van der Waals surface area contributed by atoms with Crippen LogP contribution in [0.15, 0.2) is 24.3 Å². The second-order valence-electron chi connectivity index (χ2n) is 4.30. The number of hydrogen-bond donors (Lipinski definition) is 2. The van der Waals surface area contributed by atoms with Gasteiger partial charge >= 0.3 is 0 Å². The fourth-order valence-electron chi connectivity index (χ4n) is 1.34. The van der Waals surface area contributed by atoms with Gasteiger partial charge in [0.05, 0.1) is 0 Å². The molecular formula is C12H19NS. The molecule has 0 spiro atoms. The molecule has 0 saturated heterocycles. The number of thiol groups is 1. The maximum Gasteiger partial charge on any atom is 0.0178 e. The van der Waals surface area contributed by atoms with Crippen molar-refractivity contribution in [3.05, 3.63) is 35.4 Å². The summed E-state index contributed by atoms with van der Waals surface area (Å²) in [6, 6.07) is 8.44. The van der Waals surface area contributed by atoms with Gasteiger partial charge in [-0.1, -0.05) is 45.0 Å². The van der Waals surface area contributed by atoms with Crippen LogP contribution < -0.4 is 5.73 Å². The molecule has 1 aromatic carbocycles. The van der Waals surface area contributed by atoms with Crippen LogP contribution in [0.4, 0.5) is 0 Å². The summed E-state index contributed by atoms with van der Waals surface area (Å²) < 4.78 is 0. The van der Waals surface area contributed by atoms with Gasteiger partial charge in [0, 0.05) is 17.2 Å². The summed E-state index contributed by atoms with van der Waals surface area (Å²) in [4.78, 5) is 0. The molecule has 2 heteroatoms. The normalized spacial score (nSPS) is 14.1. The van der Waals surface area contributed by atoms with Crippen LogP contribution >= 0.6 is 12.6 Å². The Labute approximate surface area is 92.1 Å². The van der Waals surface area contributed by atoms with Crippen molar-refractivity contribution in [2.24, 2.45) is 5.73 Å². The molecule has 0 aromatic heterocycles. The van der Waals surface area contributed by atoms with Gasteiger partial charge in [0.15, 0.2) is 0 Å². The van der Waals surface area contributed by atoms with Crippen molar-refractivity contribution in [2.75, 3.05) is 0 Å². The van der Waals surface area contributed by atoms with Crippen LogP contribution in [0.5, 0.6) is 0 Å². The van der Waals surface area contributed by atoms with Gasteiger partial charge in [0.2, 0.25) is 0 Å². The Hall–Kier alpha value is -0.470. The SMILES string of the molecule is CC(S)C(C)(C)c1cccc(CN)c1. The standard InChI is InChI=1S/C12H19NS/c1-9(14)12(2,3)11-6-4-5-10(7-11)8-13/h4-7,9,14H,8,13H2,1-3H3. The molecule has 1 unspecified atom stereocenters. The van der Waals surface area contributed by atoms with Crippen LogP contribution in [0, 0.1) is 0 Å². The third-order valence-corrected chi connectivity index (χ3v) is 3.60. The zero-order valence-corrected chi connectivity index (χ0v) is 10.0. The highest BCUT2D eigenvalue weighted by Gasteiger charge is 2.25. The van der Waals surface area contributed by atoms with E-state index >= 15 is 0 Å². The van der Waals surface area contributed by atoms with E-state index in [2.05, 4.69) is 57.7 Å². The number of hydrogen-bond acceptors (Lipinski definition) is 2. The fourth-order valence-corrected chi connectivity index (χ4v) is 1.49. The Balaban J connectivity index is 3.06. The average Bonchev–Trinajstić information content (AvgIpc) is 2.17. The fraction of sp³-hybridized carbons (Fsp3) is 0.500. The first-order chi connectivity index (χ1) is 6.48. The van der Waals surface area contributed by atoms with E-state index in [1.54, 1.807) is 0 Å². The Morgan fingerprint density at radius 3 is 2.57 bits per heavy atom. The van der Waals surface area contributed by atoms with Crippen LogP contribution in [0.2, 0.25) is 0 Å².